The van der Waals surface area contributed by atoms with E-state index in [0.29, 0.717) is 10.0 Å². The minimum Gasteiger partial charge on any atom is -0.347 e. The number of amides is 1. The van der Waals surface area contributed by atoms with Gasteiger partial charge in [-0.3, -0.25) is 4.79 Å². The van der Waals surface area contributed by atoms with Gasteiger partial charge in [-0.15, -0.1) is 0 Å². The van der Waals surface area contributed by atoms with Gasteiger partial charge in [0.25, 0.3) is 0 Å². The number of benzene rings is 1. The van der Waals surface area contributed by atoms with Gasteiger partial charge in [-0.25, -0.2) is 0 Å². The quantitative estimate of drug-likeness (QED) is 0.375. The summed E-state index contributed by atoms with van der Waals surface area (Å²) in [5.74, 6) is -0.210. The summed E-state index contributed by atoms with van der Waals surface area (Å²) in [5, 5.41) is 12.1. The van der Waals surface area contributed by atoms with Crippen molar-refractivity contribution in [1.29, 1.82) is 5.26 Å². The van der Waals surface area contributed by atoms with E-state index in [1.165, 1.54) is 0 Å². The molecule has 4 nitrogen and oxygen atoms in total. The van der Waals surface area contributed by atoms with Crippen LogP contribution >= 0.6 is 39.1 Å². The van der Waals surface area contributed by atoms with Gasteiger partial charge in [0.05, 0.1) is 21.1 Å². The number of anilines is 1. The first-order valence-corrected chi connectivity index (χ1v) is 9.11. The van der Waals surface area contributed by atoms with Gasteiger partial charge in [0.2, 0.25) is 5.91 Å². The highest BCUT2D eigenvalue weighted by molar-refractivity contribution is 9.09. The largest absolute Gasteiger partial charge is 0.347 e. The van der Waals surface area contributed by atoms with Crippen LogP contribution in [-0.2, 0) is 4.79 Å². The van der Waals surface area contributed by atoms with Gasteiger partial charge in [0.15, 0.2) is 0 Å². The Labute approximate surface area is 155 Å². The monoisotopic (exact) mass is 419 g/mol. The summed E-state index contributed by atoms with van der Waals surface area (Å²) in [7, 11) is 0. The molecule has 2 unspecified atom stereocenters. The highest BCUT2D eigenvalue weighted by Crippen LogP contribution is 2.32. The first-order chi connectivity index (χ1) is 10.9. The lowest BCUT2D eigenvalue weighted by Crippen LogP contribution is -2.48. The second-order valence-electron chi connectivity index (χ2n) is 5.13. The molecule has 7 heteroatoms. The number of nitrogens with zero attached hydrogens (tertiary/aromatic N) is 2. The van der Waals surface area contributed by atoms with Crippen molar-refractivity contribution in [3.63, 3.8) is 0 Å². The van der Waals surface area contributed by atoms with Crippen LogP contribution in [0.1, 0.15) is 33.1 Å². The number of hydrogen-bond donors (Lipinski definition) is 1. The van der Waals surface area contributed by atoms with E-state index in [9.17, 15) is 4.79 Å². The van der Waals surface area contributed by atoms with Crippen molar-refractivity contribution in [2.24, 2.45) is 0 Å². The zero-order valence-corrected chi connectivity index (χ0v) is 16.2. The molecule has 0 bridgehead atoms. The molecule has 1 rings (SSSR count). The summed E-state index contributed by atoms with van der Waals surface area (Å²) in [5.41, 5.74) is 0.803. The summed E-state index contributed by atoms with van der Waals surface area (Å²) in [6.07, 6.45) is 2.97. The highest BCUT2D eigenvalue weighted by atomic mass is 79.9. The van der Waals surface area contributed by atoms with Crippen LogP contribution in [0.5, 0.6) is 0 Å². The summed E-state index contributed by atoms with van der Waals surface area (Å²) < 4.78 is 0. The lowest BCUT2D eigenvalue weighted by molar-refractivity contribution is -0.121. The topological polar surface area (TPSA) is 56.1 Å². The Balaban J connectivity index is 3.07. The number of hydrogen-bond acceptors (Lipinski definition) is 3. The number of halogens is 3. The molecule has 0 aliphatic heterocycles. The fourth-order valence-corrected chi connectivity index (χ4v) is 3.39. The number of carbonyl (C=O) groups excluding carboxylic acids is 1. The van der Waals surface area contributed by atoms with Crippen molar-refractivity contribution >= 4 is 50.7 Å². The molecule has 0 saturated heterocycles. The highest BCUT2D eigenvalue weighted by Gasteiger charge is 2.27. The Bertz CT molecular complexity index is 577. The minimum absolute atomic E-state index is 0.0136. The van der Waals surface area contributed by atoms with E-state index in [1.54, 1.807) is 19.1 Å². The van der Waals surface area contributed by atoms with Crippen LogP contribution in [0, 0.1) is 11.3 Å². The minimum atomic E-state index is -0.457. The van der Waals surface area contributed by atoms with Crippen molar-refractivity contribution in [1.82, 2.24) is 5.32 Å². The van der Waals surface area contributed by atoms with Crippen LogP contribution in [-0.4, -0.2) is 23.4 Å². The molecule has 0 aliphatic rings. The molecule has 0 fully saturated rings. The van der Waals surface area contributed by atoms with E-state index in [4.69, 9.17) is 28.5 Å². The Morgan fingerprint density at radius 3 is 2.70 bits per heavy atom. The van der Waals surface area contributed by atoms with E-state index in [-0.39, 0.29) is 17.4 Å². The van der Waals surface area contributed by atoms with Crippen LogP contribution < -0.4 is 10.2 Å². The molecule has 0 radical (unpaired) electrons. The zero-order valence-electron chi connectivity index (χ0n) is 13.2. The van der Waals surface area contributed by atoms with Gasteiger partial charge in [-0.1, -0.05) is 58.9 Å². The predicted molar refractivity (Wildman–Crippen MR) is 99.3 cm³/mol. The van der Waals surface area contributed by atoms with Crippen molar-refractivity contribution in [2.75, 3.05) is 11.4 Å². The maximum Gasteiger partial charge on any atom is 0.243 e. The smallest absolute Gasteiger partial charge is 0.243 e. The molecule has 0 saturated carbocycles. The van der Waals surface area contributed by atoms with Gasteiger partial charge >= 0.3 is 0 Å². The van der Waals surface area contributed by atoms with Crippen molar-refractivity contribution in [2.45, 2.75) is 44.1 Å². The third-order valence-corrected chi connectivity index (χ3v) is 5.08. The van der Waals surface area contributed by atoms with Gasteiger partial charge in [0, 0.05) is 5.69 Å². The fraction of sp³-hybridized carbons (Fsp3) is 0.500. The zero-order chi connectivity index (χ0) is 17.4. The van der Waals surface area contributed by atoms with Gasteiger partial charge in [0.1, 0.15) is 12.6 Å². The predicted octanol–water partition coefficient (Wildman–Crippen LogP) is 4.74. The molecule has 23 heavy (non-hydrogen) atoms. The van der Waals surface area contributed by atoms with Crippen LogP contribution in [0.15, 0.2) is 18.2 Å². The third kappa shape index (κ3) is 5.87. The maximum atomic E-state index is 12.3. The Morgan fingerprint density at radius 2 is 2.13 bits per heavy atom. The van der Waals surface area contributed by atoms with Crippen molar-refractivity contribution < 1.29 is 4.79 Å². The molecule has 0 aromatic heterocycles. The molecular formula is C16H20BrCl2N3O. The second kappa shape index (κ2) is 10.0. The SMILES string of the molecule is CCCCC(Br)N(c1ccc(Cl)c(Cl)c1)C(C)C(=O)NCC#N. The van der Waals surface area contributed by atoms with Crippen molar-refractivity contribution in [3.8, 4) is 6.07 Å². The second-order valence-corrected chi connectivity index (χ2v) is 7.01. The fourth-order valence-electron chi connectivity index (χ4n) is 2.19. The number of nitriles is 1. The molecule has 1 aromatic rings. The van der Waals surface area contributed by atoms with E-state index in [0.717, 1.165) is 24.9 Å². The first-order valence-electron chi connectivity index (χ1n) is 7.44. The van der Waals surface area contributed by atoms with Gasteiger partial charge < -0.3 is 10.2 Å². The number of alkyl halides is 1. The van der Waals surface area contributed by atoms with E-state index < -0.39 is 6.04 Å². The number of carbonyl (C=O) groups is 1. The van der Waals surface area contributed by atoms with Gasteiger partial charge in [-0.05, 0) is 31.5 Å². The Kier molecular flexibility index (Phi) is 8.75. The molecule has 1 aromatic carbocycles. The molecule has 0 aliphatic carbocycles. The summed E-state index contributed by atoms with van der Waals surface area (Å²) in [6, 6.07) is 6.75. The average molecular weight is 421 g/mol. The number of unbranched alkanes of at least 4 members (excludes halogenated alkanes) is 1. The summed E-state index contributed by atoms with van der Waals surface area (Å²) in [4.78, 5) is 14.2. The van der Waals surface area contributed by atoms with Crippen LogP contribution in [0.2, 0.25) is 10.0 Å². The maximum absolute atomic E-state index is 12.3. The molecule has 126 valence electrons. The van der Waals surface area contributed by atoms with Crippen LogP contribution in [0.3, 0.4) is 0 Å². The lowest BCUT2D eigenvalue weighted by Gasteiger charge is -2.35. The average Bonchev–Trinajstić information content (AvgIpc) is 2.53. The number of rotatable bonds is 8. The number of nitrogens with one attached hydrogen (secondary N) is 1. The molecule has 0 spiro atoms. The molecule has 1 N–H and O–H groups in total. The van der Waals surface area contributed by atoms with E-state index in [1.807, 2.05) is 17.0 Å². The standard InChI is InChI=1S/C16H20BrCl2N3O/c1-3-4-5-15(17)22(11(2)16(23)21-9-8-20)12-6-7-13(18)14(19)10-12/h6-7,10-11,15H,3-5,9H2,1-2H3,(H,21,23). The molecular weight excluding hydrogens is 401 g/mol. The van der Waals surface area contributed by atoms with Crippen molar-refractivity contribution in [3.05, 3.63) is 28.2 Å². The Morgan fingerprint density at radius 1 is 1.43 bits per heavy atom. The van der Waals surface area contributed by atoms with Crippen LogP contribution in [0.4, 0.5) is 5.69 Å². The summed E-state index contributed by atoms with van der Waals surface area (Å²) >= 11 is 15.8. The summed E-state index contributed by atoms with van der Waals surface area (Å²) in [6.45, 7) is 3.90. The third-order valence-electron chi connectivity index (χ3n) is 3.44. The van der Waals surface area contributed by atoms with E-state index >= 15 is 0 Å². The molecule has 0 heterocycles. The van der Waals surface area contributed by atoms with Gasteiger partial charge in [-0.2, -0.15) is 5.26 Å². The Hall–Kier alpha value is -0.960. The molecule has 2 atom stereocenters. The van der Waals surface area contributed by atoms with E-state index in [2.05, 4.69) is 28.2 Å². The first kappa shape index (κ1) is 20.1. The lowest BCUT2D eigenvalue weighted by atomic mass is 10.1. The molecule has 1 amide bonds. The van der Waals surface area contributed by atoms with Crippen LogP contribution in [0.25, 0.3) is 0 Å². The normalized spacial score (nSPS) is 13.0.